The van der Waals surface area contributed by atoms with E-state index in [9.17, 15) is 5.11 Å². The molecule has 2 unspecified atom stereocenters. The van der Waals surface area contributed by atoms with Crippen molar-refractivity contribution in [2.45, 2.75) is 31.8 Å². The highest BCUT2D eigenvalue weighted by molar-refractivity contribution is 7.99. The van der Waals surface area contributed by atoms with E-state index in [0.717, 1.165) is 37.0 Å². The van der Waals surface area contributed by atoms with Gasteiger partial charge in [-0.15, -0.1) is 11.3 Å². The van der Waals surface area contributed by atoms with Crippen molar-refractivity contribution in [1.29, 1.82) is 0 Å². The Hall–Kier alpha value is -0.720. The van der Waals surface area contributed by atoms with Crippen LogP contribution in [0.5, 0.6) is 0 Å². The van der Waals surface area contributed by atoms with Crippen molar-refractivity contribution in [3.63, 3.8) is 0 Å². The van der Waals surface area contributed by atoms with Gasteiger partial charge in [0.15, 0.2) is 5.96 Å². The van der Waals surface area contributed by atoms with Crippen LogP contribution in [0.2, 0.25) is 0 Å². The van der Waals surface area contributed by atoms with Crippen LogP contribution in [-0.2, 0) is 0 Å². The predicted molar refractivity (Wildman–Crippen MR) is 93.6 cm³/mol. The fourth-order valence-electron chi connectivity index (χ4n) is 2.21. The van der Waals surface area contributed by atoms with Crippen molar-refractivity contribution in [1.82, 2.24) is 10.6 Å². The minimum atomic E-state index is -0.619. The highest BCUT2D eigenvalue weighted by Gasteiger charge is 2.31. The molecular formula is C15H25N3OS2. The van der Waals surface area contributed by atoms with Gasteiger partial charge in [-0.25, -0.2) is 0 Å². The third kappa shape index (κ3) is 5.20. The third-order valence-electron chi connectivity index (χ3n) is 3.56. The Morgan fingerprint density at radius 2 is 2.38 bits per heavy atom. The van der Waals surface area contributed by atoms with Crippen LogP contribution in [0.15, 0.2) is 22.5 Å². The zero-order valence-electron chi connectivity index (χ0n) is 12.8. The van der Waals surface area contributed by atoms with E-state index in [1.807, 2.05) is 0 Å². The lowest BCUT2D eigenvalue weighted by atomic mass is 10.1. The van der Waals surface area contributed by atoms with Gasteiger partial charge in [0.05, 0.1) is 12.1 Å². The third-order valence-corrected chi connectivity index (χ3v) is 5.90. The van der Waals surface area contributed by atoms with Gasteiger partial charge in [0.1, 0.15) is 0 Å². The van der Waals surface area contributed by atoms with Crippen LogP contribution in [0.1, 0.15) is 31.1 Å². The number of hydrogen-bond acceptors (Lipinski definition) is 4. The van der Waals surface area contributed by atoms with Gasteiger partial charge in [-0.05, 0) is 30.5 Å². The van der Waals surface area contributed by atoms with E-state index in [1.165, 1.54) is 4.88 Å². The molecule has 0 spiro atoms. The number of thioether (sulfide) groups is 1. The Balaban J connectivity index is 1.86. The average Bonchev–Trinajstić information content (AvgIpc) is 3.13. The summed E-state index contributed by atoms with van der Waals surface area (Å²) in [5, 5.41) is 19.1. The summed E-state index contributed by atoms with van der Waals surface area (Å²) in [5.41, 5.74) is -0.619. The molecule has 2 rings (SSSR count). The van der Waals surface area contributed by atoms with Crippen molar-refractivity contribution < 1.29 is 5.11 Å². The molecule has 1 aromatic rings. The SMILES string of the molecule is CCNC(=NCC1(O)CCSC1)NCC(C)c1cccs1. The van der Waals surface area contributed by atoms with E-state index in [-0.39, 0.29) is 0 Å². The summed E-state index contributed by atoms with van der Waals surface area (Å²) in [4.78, 5) is 5.93. The molecule has 6 heteroatoms. The van der Waals surface area contributed by atoms with Gasteiger partial charge in [0.25, 0.3) is 0 Å². The largest absolute Gasteiger partial charge is 0.387 e. The fraction of sp³-hybridized carbons (Fsp3) is 0.667. The molecule has 1 aliphatic rings. The molecule has 0 radical (unpaired) electrons. The molecule has 0 saturated carbocycles. The Bertz CT molecular complexity index is 442. The maximum absolute atomic E-state index is 10.4. The first-order valence-electron chi connectivity index (χ1n) is 7.49. The van der Waals surface area contributed by atoms with Gasteiger partial charge in [-0.3, -0.25) is 4.99 Å². The first-order valence-corrected chi connectivity index (χ1v) is 9.52. The van der Waals surface area contributed by atoms with E-state index in [4.69, 9.17) is 0 Å². The molecule has 3 N–H and O–H groups in total. The molecule has 2 heterocycles. The molecule has 1 saturated heterocycles. The second kappa shape index (κ2) is 8.06. The van der Waals surface area contributed by atoms with E-state index in [2.05, 4.69) is 47.0 Å². The fourth-order valence-corrected chi connectivity index (χ4v) is 4.28. The van der Waals surface area contributed by atoms with Gasteiger partial charge in [0.2, 0.25) is 0 Å². The Kier molecular flexibility index (Phi) is 6.39. The molecular weight excluding hydrogens is 302 g/mol. The summed E-state index contributed by atoms with van der Waals surface area (Å²) in [7, 11) is 0. The zero-order chi connectivity index (χ0) is 15.1. The first-order chi connectivity index (χ1) is 10.1. The van der Waals surface area contributed by atoms with Crippen molar-refractivity contribution in [2.75, 3.05) is 31.1 Å². The lowest BCUT2D eigenvalue weighted by Crippen LogP contribution is -2.41. The molecule has 118 valence electrons. The van der Waals surface area contributed by atoms with Gasteiger partial charge in [-0.2, -0.15) is 11.8 Å². The molecule has 0 aliphatic carbocycles. The number of guanidine groups is 1. The lowest BCUT2D eigenvalue weighted by molar-refractivity contribution is 0.0778. The number of rotatable bonds is 6. The van der Waals surface area contributed by atoms with Crippen LogP contribution in [0.4, 0.5) is 0 Å². The maximum atomic E-state index is 10.4. The number of nitrogens with one attached hydrogen (secondary N) is 2. The molecule has 0 amide bonds. The normalized spacial score (nSPS) is 24.0. The molecule has 1 aromatic heterocycles. The van der Waals surface area contributed by atoms with Crippen LogP contribution in [0.25, 0.3) is 0 Å². The van der Waals surface area contributed by atoms with Crippen LogP contribution in [-0.4, -0.2) is 47.8 Å². The summed E-state index contributed by atoms with van der Waals surface area (Å²) >= 11 is 3.59. The molecule has 0 bridgehead atoms. The highest BCUT2D eigenvalue weighted by atomic mass is 32.2. The molecule has 4 nitrogen and oxygen atoms in total. The number of hydrogen-bond donors (Lipinski definition) is 3. The summed E-state index contributed by atoms with van der Waals surface area (Å²) in [6.45, 7) is 6.41. The van der Waals surface area contributed by atoms with E-state index in [0.29, 0.717) is 12.5 Å². The monoisotopic (exact) mass is 327 g/mol. The zero-order valence-corrected chi connectivity index (χ0v) is 14.4. The van der Waals surface area contributed by atoms with Crippen LogP contribution < -0.4 is 10.6 Å². The molecule has 0 aromatic carbocycles. The van der Waals surface area contributed by atoms with Crippen LogP contribution in [0, 0.1) is 0 Å². The van der Waals surface area contributed by atoms with E-state index in [1.54, 1.807) is 23.1 Å². The molecule has 1 aliphatic heterocycles. The standard InChI is InChI=1S/C15H25N3OS2/c1-3-16-14(18-10-15(19)6-8-20-11-15)17-9-12(2)13-5-4-7-21-13/h4-5,7,12,19H,3,6,8-11H2,1-2H3,(H2,16,17,18). The Morgan fingerprint density at radius 3 is 3.00 bits per heavy atom. The number of nitrogens with zero attached hydrogens (tertiary/aromatic N) is 1. The van der Waals surface area contributed by atoms with Gasteiger partial charge >= 0.3 is 0 Å². The number of thiophene rings is 1. The molecule has 21 heavy (non-hydrogen) atoms. The second-order valence-electron chi connectivity index (χ2n) is 5.52. The first kappa shape index (κ1) is 16.6. The van der Waals surface area contributed by atoms with Gasteiger partial charge in [-0.1, -0.05) is 13.0 Å². The summed E-state index contributed by atoms with van der Waals surface area (Å²) in [5.74, 6) is 3.08. The average molecular weight is 328 g/mol. The molecule has 1 fully saturated rings. The van der Waals surface area contributed by atoms with Crippen molar-refractivity contribution in [2.24, 2.45) is 4.99 Å². The van der Waals surface area contributed by atoms with Gasteiger partial charge < -0.3 is 15.7 Å². The summed E-state index contributed by atoms with van der Waals surface area (Å²) in [6.07, 6.45) is 0.839. The highest BCUT2D eigenvalue weighted by Crippen LogP contribution is 2.27. The second-order valence-corrected chi connectivity index (χ2v) is 7.60. The van der Waals surface area contributed by atoms with E-state index < -0.39 is 5.60 Å². The maximum Gasteiger partial charge on any atom is 0.191 e. The smallest absolute Gasteiger partial charge is 0.191 e. The Morgan fingerprint density at radius 1 is 1.52 bits per heavy atom. The number of aliphatic imine (C=N–C) groups is 1. The predicted octanol–water partition coefficient (Wildman–Crippen LogP) is 2.27. The Labute approximate surface area is 135 Å². The molecule has 2 atom stereocenters. The summed E-state index contributed by atoms with van der Waals surface area (Å²) in [6, 6.07) is 4.25. The van der Waals surface area contributed by atoms with Gasteiger partial charge in [0, 0.05) is 29.6 Å². The minimum absolute atomic E-state index is 0.457. The van der Waals surface area contributed by atoms with Crippen LogP contribution in [0.3, 0.4) is 0 Å². The quantitative estimate of drug-likeness (QED) is 0.554. The van der Waals surface area contributed by atoms with Crippen molar-refractivity contribution in [3.05, 3.63) is 22.4 Å². The lowest BCUT2D eigenvalue weighted by Gasteiger charge is -2.20. The van der Waals surface area contributed by atoms with Crippen molar-refractivity contribution >= 4 is 29.1 Å². The minimum Gasteiger partial charge on any atom is -0.387 e. The van der Waals surface area contributed by atoms with Crippen molar-refractivity contribution in [3.8, 4) is 0 Å². The number of aliphatic hydroxyl groups is 1. The van der Waals surface area contributed by atoms with E-state index >= 15 is 0 Å². The van der Waals surface area contributed by atoms with Crippen LogP contribution >= 0.6 is 23.1 Å². The summed E-state index contributed by atoms with van der Waals surface area (Å²) < 4.78 is 0. The topological polar surface area (TPSA) is 56.7 Å².